The zero-order valence-corrected chi connectivity index (χ0v) is 9.53. The van der Waals surface area contributed by atoms with Crippen LogP contribution in [-0.2, 0) is 17.6 Å². The highest BCUT2D eigenvalue weighted by Crippen LogP contribution is 2.11. The third-order valence-electron chi connectivity index (χ3n) is 2.75. The molecule has 1 fully saturated rings. The summed E-state index contributed by atoms with van der Waals surface area (Å²) in [5.74, 6) is 1.18. The van der Waals surface area contributed by atoms with Gasteiger partial charge < -0.3 is 9.84 Å². The lowest BCUT2D eigenvalue weighted by Gasteiger charge is -2.21. The first kappa shape index (κ1) is 11.3. The fraction of sp³-hybridized carbons (Fsp3) is 0.727. The topological polar surface area (TPSA) is 68.0 Å². The van der Waals surface area contributed by atoms with E-state index in [9.17, 15) is 4.79 Å². The molecule has 0 radical (unpaired) electrons. The van der Waals surface area contributed by atoms with E-state index in [1.54, 1.807) is 0 Å². The summed E-state index contributed by atoms with van der Waals surface area (Å²) in [6, 6.07) is 0.455. The number of rotatable bonds is 4. The van der Waals surface area contributed by atoms with Crippen LogP contribution < -0.4 is 5.32 Å². The monoisotopic (exact) mass is 223 g/mol. The second-order valence-electron chi connectivity index (χ2n) is 4.33. The van der Waals surface area contributed by atoms with Gasteiger partial charge in [-0.3, -0.25) is 4.79 Å². The predicted molar refractivity (Wildman–Crippen MR) is 58.0 cm³/mol. The molecule has 0 saturated carbocycles. The quantitative estimate of drug-likeness (QED) is 0.820. The predicted octanol–water partition coefficient (Wildman–Crippen LogP) is 0.886. The molecule has 0 spiro atoms. The SMILES string of the molecule is CC(=O)Cc1nc(CC2CCCCN2)no1. The second kappa shape index (κ2) is 5.21. The van der Waals surface area contributed by atoms with Crippen LogP contribution in [0.2, 0.25) is 0 Å². The molecule has 2 rings (SSSR count). The van der Waals surface area contributed by atoms with Crippen molar-refractivity contribution < 1.29 is 9.32 Å². The minimum atomic E-state index is 0.0472. The van der Waals surface area contributed by atoms with Gasteiger partial charge in [0, 0.05) is 12.5 Å². The van der Waals surface area contributed by atoms with Gasteiger partial charge in [-0.05, 0) is 26.3 Å². The third-order valence-corrected chi connectivity index (χ3v) is 2.75. The third kappa shape index (κ3) is 3.13. The van der Waals surface area contributed by atoms with Crippen LogP contribution in [0, 0.1) is 0 Å². The Bertz CT molecular complexity index is 356. The molecule has 1 aromatic heterocycles. The number of carbonyl (C=O) groups is 1. The maximum atomic E-state index is 10.9. The summed E-state index contributed by atoms with van der Waals surface area (Å²) < 4.78 is 5.01. The minimum Gasteiger partial charge on any atom is -0.339 e. The number of hydrogen-bond donors (Lipinski definition) is 1. The number of ketones is 1. The number of Topliss-reactive ketones (excluding diaryl/α,β-unsaturated/α-hetero) is 1. The average Bonchev–Trinajstić information content (AvgIpc) is 2.66. The molecular weight excluding hydrogens is 206 g/mol. The van der Waals surface area contributed by atoms with Crippen molar-refractivity contribution in [2.75, 3.05) is 6.54 Å². The van der Waals surface area contributed by atoms with Gasteiger partial charge in [-0.1, -0.05) is 11.6 Å². The Morgan fingerprint density at radius 1 is 1.56 bits per heavy atom. The summed E-state index contributed by atoms with van der Waals surface area (Å²) in [5, 5.41) is 7.31. The maximum absolute atomic E-state index is 10.9. The second-order valence-corrected chi connectivity index (χ2v) is 4.33. The summed E-state index contributed by atoms with van der Waals surface area (Å²) in [7, 11) is 0. The van der Waals surface area contributed by atoms with E-state index in [2.05, 4.69) is 15.5 Å². The largest absolute Gasteiger partial charge is 0.339 e. The summed E-state index contributed by atoms with van der Waals surface area (Å²) in [6.07, 6.45) is 4.71. The van der Waals surface area contributed by atoms with Gasteiger partial charge in [0.2, 0.25) is 5.89 Å². The Balaban J connectivity index is 1.88. The fourth-order valence-electron chi connectivity index (χ4n) is 1.98. The number of hydrogen-bond acceptors (Lipinski definition) is 5. The van der Waals surface area contributed by atoms with Gasteiger partial charge in [0.15, 0.2) is 5.82 Å². The van der Waals surface area contributed by atoms with Crippen LogP contribution in [0.15, 0.2) is 4.52 Å². The van der Waals surface area contributed by atoms with E-state index in [4.69, 9.17) is 4.52 Å². The number of piperidine rings is 1. The minimum absolute atomic E-state index is 0.0472. The van der Waals surface area contributed by atoms with E-state index in [1.165, 1.54) is 19.8 Å². The Morgan fingerprint density at radius 2 is 2.44 bits per heavy atom. The first-order valence-corrected chi connectivity index (χ1v) is 5.78. The highest BCUT2D eigenvalue weighted by molar-refractivity contribution is 5.77. The van der Waals surface area contributed by atoms with Crippen molar-refractivity contribution >= 4 is 5.78 Å². The van der Waals surface area contributed by atoms with Crippen molar-refractivity contribution in [1.29, 1.82) is 0 Å². The summed E-state index contributed by atoms with van der Waals surface area (Å²) in [5.41, 5.74) is 0. The van der Waals surface area contributed by atoms with Gasteiger partial charge in [0.1, 0.15) is 5.78 Å². The van der Waals surface area contributed by atoms with Crippen LogP contribution in [-0.4, -0.2) is 28.5 Å². The molecular formula is C11H17N3O2. The number of nitrogens with zero attached hydrogens (tertiary/aromatic N) is 2. The van der Waals surface area contributed by atoms with E-state index in [1.807, 2.05) is 0 Å². The molecule has 0 amide bonds. The van der Waals surface area contributed by atoms with Gasteiger partial charge in [-0.25, -0.2) is 0 Å². The molecule has 88 valence electrons. The van der Waals surface area contributed by atoms with E-state index < -0.39 is 0 Å². The summed E-state index contributed by atoms with van der Waals surface area (Å²) in [4.78, 5) is 15.1. The van der Waals surface area contributed by atoms with Crippen molar-refractivity contribution in [2.24, 2.45) is 0 Å². The molecule has 1 N–H and O–H groups in total. The van der Waals surface area contributed by atoms with Crippen molar-refractivity contribution in [2.45, 2.75) is 45.1 Å². The lowest BCUT2D eigenvalue weighted by molar-refractivity contribution is -0.116. The van der Waals surface area contributed by atoms with Crippen LogP contribution in [0.1, 0.15) is 37.9 Å². The zero-order chi connectivity index (χ0) is 11.4. The van der Waals surface area contributed by atoms with Crippen LogP contribution in [0.4, 0.5) is 0 Å². The average molecular weight is 223 g/mol. The molecule has 2 heterocycles. The standard InChI is InChI=1S/C11H17N3O2/c1-8(15)6-11-13-10(14-16-11)7-9-4-2-3-5-12-9/h9,12H,2-7H2,1H3. The fourth-order valence-corrected chi connectivity index (χ4v) is 1.98. The van der Waals surface area contributed by atoms with Gasteiger partial charge in [0.25, 0.3) is 0 Å². The molecule has 1 saturated heterocycles. The molecule has 5 nitrogen and oxygen atoms in total. The molecule has 1 unspecified atom stereocenters. The smallest absolute Gasteiger partial charge is 0.234 e. The molecule has 5 heteroatoms. The van der Waals surface area contributed by atoms with E-state index in [0.717, 1.165) is 19.4 Å². The van der Waals surface area contributed by atoms with Crippen molar-refractivity contribution in [3.63, 3.8) is 0 Å². The summed E-state index contributed by atoms with van der Waals surface area (Å²) in [6.45, 7) is 2.59. The molecule has 0 bridgehead atoms. The van der Waals surface area contributed by atoms with E-state index >= 15 is 0 Å². The van der Waals surface area contributed by atoms with Crippen LogP contribution in [0.25, 0.3) is 0 Å². The highest BCUT2D eigenvalue weighted by atomic mass is 16.5. The Labute approximate surface area is 94.6 Å². The molecule has 1 aromatic rings. The van der Waals surface area contributed by atoms with Crippen LogP contribution in [0.5, 0.6) is 0 Å². The molecule has 16 heavy (non-hydrogen) atoms. The summed E-state index contributed by atoms with van der Waals surface area (Å²) >= 11 is 0. The van der Waals surface area contributed by atoms with Crippen LogP contribution >= 0.6 is 0 Å². The number of nitrogens with one attached hydrogen (secondary N) is 1. The van der Waals surface area contributed by atoms with Gasteiger partial charge >= 0.3 is 0 Å². The van der Waals surface area contributed by atoms with Crippen molar-refractivity contribution in [1.82, 2.24) is 15.5 Å². The number of carbonyl (C=O) groups excluding carboxylic acids is 1. The van der Waals surface area contributed by atoms with E-state index in [0.29, 0.717) is 17.8 Å². The molecule has 1 aliphatic heterocycles. The lowest BCUT2D eigenvalue weighted by Crippen LogP contribution is -2.35. The first-order chi connectivity index (χ1) is 7.74. The van der Waals surface area contributed by atoms with Gasteiger partial charge in [0.05, 0.1) is 6.42 Å². The van der Waals surface area contributed by atoms with Crippen LogP contribution in [0.3, 0.4) is 0 Å². The van der Waals surface area contributed by atoms with Gasteiger partial charge in [-0.15, -0.1) is 0 Å². The first-order valence-electron chi connectivity index (χ1n) is 5.78. The van der Waals surface area contributed by atoms with Crippen molar-refractivity contribution in [3.8, 4) is 0 Å². The normalized spacial score (nSPS) is 20.9. The molecule has 1 aliphatic rings. The molecule has 0 aromatic carbocycles. The molecule has 0 aliphatic carbocycles. The highest BCUT2D eigenvalue weighted by Gasteiger charge is 2.16. The van der Waals surface area contributed by atoms with E-state index in [-0.39, 0.29) is 12.2 Å². The Kier molecular flexibility index (Phi) is 3.66. The number of aromatic nitrogens is 2. The Morgan fingerprint density at radius 3 is 3.12 bits per heavy atom. The zero-order valence-electron chi connectivity index (χ0n) is 9.53. The van der Waals surface area contributed by atoms with Gasteiger partial charge in [-0.2, -0.15) is 4.98 Å². The Hall–Kier alpha value is -1.23. The van der Waals surface area contributed by atoms with Crippen molar-refractivity contribution in [3.05, 3.63) is 11.7 Å². The maximum Gasteiger partial charge on any atom is 0.234 e. The molecule has 1 atom stereocenters. The lowest BCUT2D eigenvalue weighted by atomic mass is 10.0.